The number of methoxy groups -OCH3 is 1. The average molecular weight is 265 g/mol. The number of carbonyl (C=O) groups is 1. The van der Waals surface area contributed by atoms with Crippen LogP contribution in [-0.2, 0) is 11.3 Å². The van der Waals surface area contributed by atoms with Gasteiger partial charge in [-0.15, -0.1) is 0 Å². The minimum Gasteiger partial charge on any atom is -0.453 e. The number of hydrogen-bond donors (Lipinski definition) is 2. The zero-order valence-electron chi connectivity index (χ0n) is 11.2. The van der Waals surface area contributed by atoms with Crippen LogP contribution in [0.25, 0.3) is 0 Å². The molecule has 1 fully saturated rings. The van der Waals surface area contributed by atoms with Gasteiger partial charge in [-0.1, -0.05) is 0 Å². The Kier molecular flexibility index (Phi) is 4.51. The number of amides is 1. The summed E-state index contributed by atoms with van der Waals surface area (Å²) in [5.74, 6) is 0.703. The highest BCUT2D eigenvalue weighted by molar-refractivity contribution is 5.67. The van der Waals surface area contributed by atoms with Crippen LogP contribution in [0.15, 0.2) is 12.4 Å². The smallest absolute Gasteiger partial charge is 0.407 e. The summed E-state index contributed by atoms with van der Waals surface area (Å²) in [5.41, 5.74) is 1.05. The van der Waals surface area contributed by atoms with Gasteiger partial charge in [-0.05, 0) is 13.5 Å². The Balaban J connectivity index is 1.91. The maximum atomic E-state index is 11.1. The lowest BCUT2D eigenvalue weighted by Gasteiger charge is -2.16. The van der Waals surface area contributed by atoms with Crippen molar-refractivity contribution >= 4 is 12.0 Å². The van der Waals surface area contributed by atoms with Crippen LogP contribution in [0, 0.1) is 0 Å². The van der Waals surface area contributed by atoms with E-state index < -0.39 is 6.09 Å². The number of hydrogen-bond acceptors (Lipinski definition) is 6. The molecule has 19 heavy (non-hydrogen) atoms. The van der Waals surface area contributed by atoms with Gasteiger partial charge in [0.15, 0.2) is 0 Å². The molecule has 1 aromatic heterocycles. The third kappa shape index (κ3) is 3.54. The summed E-state index contributed by atoms with van der Waals surface area (Å²) in [6.07, 6.45) is 4.12. The lowest BCUT2D eigenvalue weighted by atomic mass is 10.3. The van der Waals surface area contributed by atoms with Crippen LogP contribution in [0.4, 0.5) is 10.7 Å². The number of nitrogens with one attached hydrogen (secondary N) is 2. The van der Waals surface area contributed by atoms with Gasteiger partial charge in [0.1, 0.15) is 0 Å². The second-order valence-corrected chi connectivity index (χ2v) is 4.49. The summed E-state index contributed by atoms with van der Waals surface area (Å²) in [6, 6.07) is 0.0908. The van der Waals surface area contributed by atoms with E-state index in [0.717, 1.165) is 25.1 Å². The second-order valence-electron chi connectivity index (χ2n) is 4.49. The average Bonchev–Trinajstić information content (AvgIpc) is 2.88. The second kappa shape index (κ2) is 6.33. The molecule has 0 saturated carbocycles. The van der Waals surface area contributed by atoms with Crippen molar-refractivity contribution in [1.29, 1.82) is 0 Å². The Hall–Kier alpha value is -1.89. The highest BCUT2D eigenvalue weighted by Gasteiger charge is 2.25. The number of aromatic nitrogens is 2. The van der Waals surface area contributed by atoms with E-state index in [9.17, 15) is 4.79 Å². The lowest BCUT2D eigenvalue weighted by Crippen LogP contribution is -2.37. The Morgan fingerprint density at radius 2 is 2.26 bits per heavy atom. The maximum absolute atomic E-state index is 11.1. The molecule has 0 aromatic carbocycles. The van der Waals surface area contributed by atoms with E-state index >= 15 is 0 Å². The van der Waals surface area contributed by atoms with Crippen LogP contribution < -0.4 is 15.5 Å². The molecule has 0 spiro atoms. The van der Waals surface area contributed by atoms with Gasteiger partial charge in [0.05, 0.1) is 13.2 Å². The fourth-order valence-electron chi connectivity index (χ4n) is 2.09. The molecule has 0 bridgehead atoms. The molecule has 7 nitrogen and oxygen atoms in total. The molecule has 1 unspecified atom stereocenters. The molecule has 0 aliphatic carbocycles. The van der Waals surface area contributed by atoms with E-state index in [2.05, 4.69) is 30.2 Å². The number of anilines is 1. The normalized spacial score (nSPS) is 18.4. The molecule has 7 heteroatoms. The minimum atomic E-state index is -0.392. The molecule has 1 atom stereocenters. The molecule has 104 valence electrons. The van der Waals surface area contributed by atoms with E-state index in [1.165, 1.54) is 7.11 Å². The maximum Gasteiger partial charge on any atom is 0.407 e. The Morgan fingerprint density at radius 3 is 2.89 bits per heavy atom. The Labute approximate surface area is 112 Å². The van der Waals surface area contributed by atoms with Crippen molar-refractivity contribution in [2.45, 2.75) is 19.0 Å². The number of nitrogens with zero attached hydrogens (tertiary/aromatic N) is 3. The van der Waals surface area contributed by atoms with Crippen molar-refractivity contribution < 1.29 is 9.53 Å². The van der Waals surface area contributed by atoms with Crippen LogP contribution in [0.2, 0.25) is 0 Å². The van der Waals surface area contributed by atoms with Crippen LogP contribution in [0.1, 0.15) is 12.0 Å². The van der Waals surface area contributed by atoms with Crippen molar-refractivity contribution in [3.05, 3.63) is 18.0 Å². The zero-order valence-corrected chi connectivity index (χ0v) is 11.2. The largest absolute Gasteiger partial charge is 0.453 e. The number of rotatable bonds is 4. The summed E-state index contributed by atoms with van der Waals surface area (Å²) >= 11 is 0. The third-order valence-electron chi connectivity index (χ3n) is 3.05. The van der Waals surface area contributed by atoms with E-state index in [0.29, 0.717) is 12.5 Å². The van der Waals surface area contributed by atoms with Crippen molar-refractivity contribution in [3.63, 3.8) is 0 Å². The van der Waals surface area contributed by atoms with E-state index in [4.69, 9.17) is 0 Å². The van der Waals surface area contributed by atoms with Crippen molar-refractivity contribution in [1.82, 2.24) is 20.6 Å². The predicted octanol–water partition coefficient (Wildman–Crippen LogP) is 0.131. The van der Waals surface area contributed by atoms with Crippen LogP contribution in [0.5, 0.6) is 0 Å². The Morgan fingerprint density at radius 1 is 1.53 bits per heavy atom. The monoisotopic (exact) mass is 265 g/mol. The molecule has 1 amide bonds. The standard InChI is InChI=1S/C12H19N5O2/c1-13-5-9-6-14-11(15-7-9)17-4-3-10(8-17)16-12(18)19-2/h6-7,10,13H,3-5,8H2,1-2H3,(H,16,18). The fourth-order valence-corrected chi connectivity index (χ4v) is 2.09. The van der Waals surface area contributed by atoms with Gasteiger partial charge in [-0.25, -0.2) is 14.8 Å². The van der Waals surface area contributed by atoms with E-state index in [1.807, 2.05) is 19.4 Å². The highest BCUT2D eigenvalue weighted by atomic mass is 16.5. The molecule has 1 aliphatic heterocycles. The molecular weight excluding hydrogens is 246 g/mol. The topological polar surface area (TPSA) is 79.4 Å². The van der Waals surface area contributed by atoms with Crippen LogP contribution >= 0.6 is 0 Å². The number of ether oxygens (including phenoxy) is 1. The SMILES string of the molecule is CNCc1cnc(N2CCC(NC(=O)OC)C2)nc1. The molecule has 2 rings (SSSR count). The fraction of sp³-hybridized carbons (Fsp3) is 0.583. The lowest BCUT2D eigenvalue weighted by molar-refractivity contribution is 0.167. The number of alkyl carbamates (subject to hydrolysis) is 1. The van der Waals surface area contributed by atoms with Gasteiger partial charge >= 0.3 is 6.09 Å². The highest BCUT2D eigenvalue weighted by Crippen LogP contribution is 2.15. The van der Waals surface area contributed by atoms with Gasteiger partial charge in [-0.2, -0.15) is 0 Å². The molecule has 1 aromatic rings. The summed E-state index contributed by atoms with van der Waals surface area (Å²) in [4.78, 5) is 21.9. The third-order valence-corrected chi connectivity index (χ3v) is 3.05. The van der Waals surface area contributed by atoms with Crippen LogP contribution in [-0.4, -0.2) is 49.4 Å². The van der Waals surface area contributed by atoms with E-state index in [1.54, 1.807) is 0 Å². The van der Waals surface area contributed by atoms with E-state index in [-0.39, 0.29) is 6.04 Å². The zero-order chi connectivity index (χ0) is 13.7. The van der Waals surface area contributed by atoms with Gasteiger partial charge in [0, 0.05) is 37.6 Å². The molecule has 1 aliphatic rings. The molecule has 1 saturated heterocycles. The van der Waals surface area contributed by atoms with Gasteiger partial charge in [-0.3, -0.25) is 0 Å². The van der Waals surface area contributed by atoms with Gasteiger partial charge in [0.25, 0.3) is 0 Å². The summed E-state index contributed by atoms with van der Waals surface area (Å²) in [7, 11) is 3.25. The summed E-state index contributed by atoms with van der Waals surface area (Å²) in [6.45, 7) is 2.30. The molecule has 2 heterocycles. The first-order chi connectivity index (χ1) is 9.22. The molecule has 0 radical (unpaired) electrons. The van der Waals surface area contributed by atoms with Gasteiger partial charge in [0.2, 0.25) is 5.95 Å². The van der Waals surface area contributed by atoms with Gasteiger partial charge < -0.3 is 20.3 Å². The molecular formula is C12H19N5O2. The van der Waals surface area contributed by atoms with Crippen LogP contribution in [0.3, 0.4) is 0 Å². The quantitative estimate of drug-likeness (QED) is 0.805. The van der Waals surface area contributed by atoms with Crippen molar-refractivity contribution in [2.24, 2.45) is 0 Å². The minimum absolute atomic E-state index is 0.0908. The number of carbonyl (C=O) groups excluding carboxylic acids is 1. The summed E-state index contributed by atoms with van der Waals surface area (Å²) < 4.78 is 4.59. The first-order valence-corrected chi connectivity index (χ1v) is 6.28. The summed E-state index contributed by atoms with van der Waals surface area (Å²) in [5, 5.41) is 5.84. The Bertz CT molecular complexity index is 423. The van der Waals surface area contributed by atoms with Crippen molar-refractivity contribution in [3.8, 4) is 0 Å². The first-order valence-electron chi connectivity index (χ1n) is 6.28. The molecule has 2 N–H and O–H groups in total. The van der Waals surface area contributed by atoms with Crippen molar-refractivity contribution in [2.75, 3.05) is 32.1 Å². The predicted molar refractivity (Wildman–Crippen MR) is 71.0 cm³/mol. The first kappa shape index (κ1) is 13.5.